The number of benzene rings is 2. The molecule has 4 aromatic rings. The molecular formula is C19H13N3O3. The zero-order valence-corrected chi connectivity index (χ0v) is 13.4. The molecule has 2 aromatic heterocycles. The molecule has 3 heterocycles. The van der Waals surface area contributed by atoms with Gasteiger partial charge in [-0.3, -0.25) is 0 Å². The van der Waals surface area contributed by atoms with E-state index in [-0.39, 0.29) is 6.79 Å². The summed E-state index contributed by atoms with van der Waals surface area (Å²) in [7, 11) is 0. The predicted molar refractivity (Wildman–Crippen MR) is 91.3 cm³/mol. The second-order valence-corrected chi connectivity index (χ2v) is 5.88. The first-order valence-corrected chi connectivity index (χ1v) is 7.88. The van der Waals surface area contributed by atoms with Gasteiger partial charge in [0.25, 0.3) is 5.89 Å². The molecule has 0 bridgehead atoms. The molecule has 0 amide bonds. The van der Waals surface area contributed by atoms with Gasteiger partial charge < -0.3 is 14.0 Å². The Hall–Kier alpha value is -3.41. The van der Waals surface area contributed by atoms with Gasteiger partial charge in [-0.15, -0.1) is 0 Å². The maximum Gasteiger partial charge on any atom is 0.258 e. The van der Waals surface area contributed by atoms with Gasteiger partial charge in [0.15, 0.2) is 11.5 Å². The average molecular weight is 331 g/mol. The van der Waals surface area contributed by atoms with Gasteiger partial charge in [0, 0.05) is 10.9 Å². The summed E-state index contributed by atoms with van der Waals surface area (Å²) in [6, 6.07) is 15.6. The largest absolute Gasteiger partial charge is 0.454 e. The lowest BCUT2D eigenvalue weighted by atomic mass is 10.1. The van der Waals surface area contributed by atoms with Crippen molar-refractivity contribution >= 4 is 10.9 Å². The van der Waals surface area contributed by atoms with Crippen molar-refractivity contribution in [3.8, 4) is 34.5 Å². The molecular weight excluding hydrogens is 318 g/mol. The molecule has 0 radical (unpaired) electrons. The van der Waals surface area contributed by atoms with Gasteiger partial charge in [0.2, 0.25) is 12.6 Å². The Bertz CT molecular complexity index is 1100. The molecule has 2 aromatic carbocycles. The van der Waals surface area contributed by atoms with Crippen LogP contribution in [0, 0.1) is 6.92 Å². The van der Waals surface area contributed by atoms with E-state index < -0.39 is 0 Å². The van der Waals surface area contributed by atoms with E-state index in [0.717, 1.165) is 22.2 Å². The van der Waals surface area contributed by atoms with Gasteiger partial charge in [-0.1, -0.05) is 22.9 Å². The third kappa shape index (κ3) is 2.39. The summed E-state index contributed by atoms with van der Waals surface area (Å²) in [5.74, 6) is 2.26. The van der Waals surface area contributed by atoms with E-state index in [2.05, 4.69) is 28.1 Å². The molecule has 0 aliphatic carbocycles. The van der Waals surface area contributed by atoms with Crippen molar-refractivity contribution in [2.24, 2.45) is 0 Å². The highest BCUT2D eigenvalue weighted by Gasteiger charge is 2.17. The van der Waals surface area contributed by atoms with Gasteiger partial charge in [-0.25, -0.2) is 4.98 Å². The highest BCUT2D eigenvalue weighted by molar-refractivity contribution is 5.81. The topological polar surface area (TPSA) is 70.3 Å². The number of pyridine rings is 1. The first-order valence-electron chi connectivity index (χ1n) is 7.88. The maximum atomic E-state index is 5.40. The minimum absolute atomic E-state index is 0.231. The zero-order chi connectivity index (χ0) is 16.8. The van der Waals surface area contributed by atoms with E-state index in [1.807, 2.05) is 42.5 Å². The van der Waals surface area contributed by atoms with Gasteiger partial charge in [0.05, 0.1) is 5.52 Å². The fourth-order valence-corrected chi connectivity index (χ4v) is 2.84. The molecule has 0 fully saturated rings. The SMILES string of the molecule is Cc1ccc2nc(-c3noc(-c4ccc5c(c4)OCO5)n3)ccc2c1. The van der Waals surface area contributed by atoms with Crippen molar-refractivity contribution < 1.29 is 14.0 Å². The third-order valence-electron chi connectivity index (χ3n) is 4.12. The second kappa shape index (κ2) is 5.31. The van der Waals surface area contributed by atoms with E-state index >= 15 is 0 Å². The van der Waals surface area contributed by atoms with Crippen molar-refractivity contribution in [2.75, 3.05) is 6.79 Å². The summed E-state index contributed by atoms with van der Waals surface area (Å²) in [5.41, 5.74) is 3.55. The number of hydrogen-bond donors (Lipinski definition) is 0. The monoisotopic (exact) mass is 331 g/mol. The van der Waals surface area contributed by atoms with E-state index in [9.17, 15) is 0 Å². The zero-order valence-electron chi connectivity index (χ0n) is 13.4. The van der Waals surface area contributed by atoms with Crippen LogP contribution >= 0.6 is 0 Å². The molecule has 1 aliphatic heterocycles. The molecule has 0 spiro atoms. The Balaban J connectivity index is 1.53. The minimum atomic E-state index is 0.231. The van der Waals surface area contributed by atoms with Crippen molar-refractivity contribution in [3.63, 3.8) is 0 Å². The van der Waals surface area contributed by atoms with Crippen LogP contribution in [0.2, 0.25) is 0 Å². The average Bonchev–Trinajstić information content (AvgIpc) is 3.30. The Morgan fingerprint density at radius 1 is 0.880 bits per heavy atom. The van der Waals surface area contributed by atoms with Crippen molar-refractivity contribution in [2.45, 2.75) is 6.92 Å². The molecule has 1 aliphatic rings. The number of nitrogens with zero attached hydrogens (tertiary/aromatic N) is 3. The summed E-state index contributed by atoms with van der Waals surface area (Å²) in [5, 5.41) is 5.15. The lowest BCUT2D eigenvalue weighted by molar-refractivity contribution is 0.174. The summed E-state index contributed by atoms with van der Waals surface area (Å²) >= 11 is 0. The first-order chi connectivity index (χ1) is 12.3. The summed E-state index contributed by atoms with van der Waals surface area (Å²) < 4.78 is 16.1. The first kappa shape index (κ1) is 14.0. The van der Waals surface area contributed by atoms with Gasteiger partial charge in [-0.05, 0) is 43.3 Å². The summed E-state index contributed by atoms with van der Waals surface area (Å²) in [6.07, 6.45) is 0. The molecule has 122 valence electrons. The standard InChI is InChI=1S/C19H13N3O3/c1-11-2-5-14-12(8-11)3-6-15(20-14)18-21-19(25-22-18)13-4-7-16-17(9-13)24-10-23-16/h2-9H,10H2,1H3. The Morgan fingerprint density at radius 3 is 2.76 bits per heavy atom. The minimum Gasteiger partial charge on any atom is -0.454 e. The normalized spacial score (nSPS) is 12.7. The van der Waals surface area contributed by atoms with E-state index in [4.69, 9.17) is 14.0 Å². The number of ether oxygens (including phenoxy) is 2. The third-order valence-corrected chi connectivity index (χ3v) is 4.12. The molecule has 0 saturated heterocycles. The maximum absolute atomic E-state index is 5.40. The van der Waals surface area contributed by atoms with Gasteiger partial charge >= 0.3 is 0 Å². The van der Waals surface area contributed by atoms with Crippen molar-refractivity contribution in [1.82, 2.24) is 15.1 Å². The van der Waals surface area contributed by atoms with E-state index in [1.54, 1.807) is 0 Å². The molecule has 0 atom stereocenters. The van der Waals surface area contributed by atoms with Gasteiger partial charge in [-0.2, -0.15) is 4.98 Å². The summed E-state index contributed by atoms with van der Waals surface area (Å²) in [4.78, 5) is 9.09. The Morgan fingerprint density at radius 2 is 1.80 bits per heavy atom. The number of aryl methyl sites for hydroxylation is 1. The quantitative estimate of drug-likeness (QED) is 0.553. The fraction of sp³-hybridized carbons (Fsp3) is 0.105. The van der Waals surface area contributed by atoms with Crippen LogP contribution in [0.4, 0.5) is 0 Å². The van der Waals surface area contributed by atoms with E-state index in [0.29, 0.717) is 23.2 Å². The number of rotatable bonds is 2. The van der Waals surface area contributed by atoms with Crippen LogP contribution in [0.15, 0.2) is 53.1 Å². The number of fused-ring (bicyclic) bond motifs is 2. The molecule has 25 heavy (non-hydrogen) atoms. The van der Waals surface area contributed by atoms with Crippen molar-refractivity contribution in [1.29, 1.82) is 0 Å². The number of aromatic nitrogens is 3. The smallest absolute Gasteiger partial charge is 0.258 e. The molecule has 0 N–H and O–H groups in total. The molecule has 6 nitrogen and oxygen atoms in total. The highest BCUT2D eigenvalue weighted by atomic mass is 16.7. The number of hydrogen-bond acceptors (Lipinski definition) is 6. The van der Waals surface area contributed by atoms with E-state index in [1.165, 1.54) is 5.56 Å². The van der Waals surface area contributed by atoms with Crippen LogP contribution in [-0.4, -0.2) is 21.9 Å². The van der Waals surface area contributed by atoms with Crippen LogP contribution in [0.5, 0.6) is 11.5 Å². The molecule has 5 rings (SSSR count). The van der Waals surface area contributed by atoms with Crippen LogP contribution in [0.25, 0.3) is 33.9 Å². The second-order valence-electron chi connectivity index (χ2n) is 5.88. The fourth-order valence-electron chi connectivity index (χ4n) is 2.84. The van der Waals surface area contributed by atoms with Crippen LogP contribution in [-0.2, 0) is 0 Å². The lowest BCUT2D eigenvalue weighted by Gasteiger charge is -2.00. The van der Waals surface area contributed by atoms with Crippen molar-refractivity contribution in [3.05, 3.63) is 54.1 Å². The molecule has 0 saturated carbocycles. The molecule has 6 heteroatoms. The molecule has 0 unspecified atom stereocenters. The van der Waals surface area contributed by atoms with Crippen LogP contribution in [0.3, 0.4) is 0 Å². The summed E-state index contributed by atoms with van der Waals surface area (Å²) in [6.45, 7) is 2.29. The Labute approximate surface area is 143 Å². The lowest BCUT2D eigenvalue weighted by Crippen LogP contribution is -1.92. The highest BCUT2D eigenvalue weighted by Crippen LogP contribution is 2.35. The Kier molecular flexibility index (Phi) is 2.97. The van der Waals surface area contributed by atoms with Crippen LogP contribution < -0.4 is 9.47 Å². The predicted octanol–water partition coefficient (Wildman–Crippen LogP) is 3.99. The van der Waals surface area contributed by atoms with Gasteiger partial charge in [0.1, 0.15) is 5.69 Å². The van der Waals surface area contributed by atoms with Crippen LogP contribution in [0.1, 0.15) is 5.56 Å².